The van der Waals surface area contributed by atoms with Crippen LogP contribution in [-0.2, 0) is 11.4 Å². The lowest BCUT2D eigenvalue weighted by Gasteiger charge is -2.08. The SMILES string of the molecule is COc1cc([N+](=O)[O-])ccc1NC(=O)/C=C/c1ccc(OCc2ccccc2Cl)cc1. The van der Waals surface area contributed by atoms with Gasteiger partial charge < -0.3 is 14.8 Å². The van der Waals surface area contributed by atoms with Gasteiger partial charge in [-0.1, -0.05) is 41.9 Å². The number of non-ortho nitro benzene ring substituents is 1. The molecule has 0 aliphatic heterocycles. The van der Waals surface area contributed by atoms with Crippen molar-refractivity contribution >= 4 is 35.0 Å². The molecule has 0 unspecified atom stereocenters. The molecule has 0 bridgehead atoms. The fourth-order valence-electron chi connectivity index (χ4n) is 2.69. The number of rotatable bonds is 8. The van der Waals surface area contributed by atoms with Gasteiger partial charge in [-0.3, -0.25) is 14.9 Å². The number of nitrogens with one attached hydrogen (secondary N) is 1. The molecule has 0 heterocycles. The highest BCUT2D eigenvalue weighted by Crippen LogP contribution is 2.29. The van der Waals surface area contributed by atoms with Gasteiger partial charge in [-0.05, 0) is 35.9 Å². The Balaban J connectivity index is 1.58. The third-order valence-corrected chi connectivity index (χ3v) is 4.68. The molecule has 3 aromatic carbocycles. The Kier molecular flexibility index (Phi) is 7.24. The molecule has 1 amide bonds. The molecule has 0 fully saturated rings. The van der Waals surface area contributed by atoms with Gasteiger partial charge in [0.05, 0.1) is 23.8 Å². The number of nitro groups is 1. The average Bonchev–Trinajstić information content (AvgIpc) is 2.78. The van der Waals surface area contributed by atoms with Crippen molar-refractivity contribution in [2.24, 2.45) is 0 Å². The molecule has 158 valence electrons. The summed E-state index contributed by atoms with van der Waals surface area (Å²) in [6.07, 6.45) is 3.01. The fourth-order valence-corrected chi connectivity index (χ4v) is 2.89. The van der Waals surface area contributed by atoms with Gasteiger partial charge in [0, 0.05) is 22.7 Å². The molecule has 3 rings (SSSR count). The van der Waals surface area contributed by atoms with E-state index in [-0.39, 0.29) is 11.4 Å². The fraction of sp³-hybridized carbons (Fsp3) is 0.0870. The van der Waals surface area contributed by atoms with Crippen LogP contribution >= 0.6 is 11.6 Å². The van der Waals surface area contributed by atoms with Gasteiger partial charge in [-0.15, -0.1) is 0 Å². The summed E-state index contributed by atoms with van der Waals surface area (Å²) in [5.41, 5.74) is 1.91. The number of methoxy groups -OCH3 is 1. The van der Waals surface area contributed by atoms with Gasteiger partial charge in [0.15, 0.2) is 0 Å². The molecular weight excluding hydrogens is 420 g/mol. The lowest BCUT2D eigenvalue weighted by molar-refractivity contribution is -0.384. The number of benzene rings is 3. The number of anilines is 1. The number of ether oxygens (including phenoxy) is 2. The molecule has 0 aliphatic carbocycles. The maximum Gasteiger partial charge on any atom is 0.273 e. The quantitative estimate of drug-likeness (QED) is 0.285. The molecule has 0 spiro atoms. The summed E-state index contributed by atoms with van der Waals surface area (Å²) >= 11 is 6.12. The number of hydrogen-bond acceptors (Lipinski definition) is 5. The molecule has 0 saturated heterocycles. The molecule has 7 nitrogen and oxygen atoms in total. The summed E-state index contributed by atoms with van der Waals surface area (Å²) in [4.78, 5) is 22.5. The second kappa shape index (κ2) is 10.3. The Morgan fingerprint density at radius 1 is 1.13 bits per heavy atom. The standard InChI is InChI=1S/C23H19ClN2O5/c1-30-22-14-18(26(28)29)9-12-21(22)25-23(27)13-8-16-6-10-19(11-7-16)31-15-17-4-2-3-5-20(17)24/h2-14H,15H2,1H3,(H,25,27)/b13-8+. The van der Waals surface area contributed by atoms with Gasteiger partial charge >= 0.3 is 0 Å². The molecular formula is C23H19ClN2O5. The van der Waals surface area contributed by atoms with E-state index in [0.29, 0.717) is 23.1 Å². The molecule has 3 aromatic rings. The van der Waals surface area contributed by atoms with Crippen LogP contribution in [0.5, 0.6) is 11.5 Å². The molecule has 1 N–H and O–H groups in total. The average molecular weight is 439 g/mol. The Morgan fingerprint density at radius 3 is 2.55 bits per heavy atom. The molecule has 0 saturated carbocycles. The zero-order valence-corrected chi connectivity index (χ0v) is 17.3. The van der Waals surface area contributed by atoms with Gasteiger partial charge in [0.25, 0.3) is 5.69 Å². The van der Waals surface area contributed by atoms with Crippen molar-refractivity contribution in [3.05, 3.63) is 99.1 Å². The second-order valence-corrected chi connectivity index (χ2v) is 6.82. The maximum atomic E-state index is 12.2. The van der Waals surface area contributed by atoms with E-state index in [2.05, 4.69) is 5.32 Å². The van der Waals surface area contributed by atoms with Crippen molar-refractivity contribution in [3.8, 4) is 11.5 Å². The second-order valence-electron chi connectivity index (χ2n) is 6.41. The van der Waals surface area contributed by atoms with Crippen LogP contribution in [0.1, 0.15) is 11.1 Å². The molecule has 0 aromatic heterocycles. The summed E-state index contributed by atoms with van der Waals surface area (Å²) in [7, 11) is 1.37. The van der Waals surface area contributed by atoms with Crippen LogP contribution in [0.3, 0.4) is 0 Å². The largest absolute Gasteiger partial charge is 0.494 e. The summed E-state index contributed by atoms with van der Waals surface area (Å²) in [5.74, 6) is 0.485. The number of hydrogen-bond donors (Lipinski definition) is 1. The van der Waals surface area contributed by atoms with E-state index in [9.17, 15) is 14.9 Å². The van der Waals surface area contributed by atoms with Crippen molar-refractivity contribution in [1.29, 1.82) is 0 Å². The lowest BCUT2D eigenvalue weighted by Crippen LogP contribution is -2.09. The highest BCUT2D eigenvalue weighted by molar-refractivity contribution is 6.31. The Bertz CT molecular complexity index is 1110. The summed E-state index contributed by atoms with van der Waals surface area (Å²) in [6, 6.07) is 18.7. The minimum absolute atomic E-state index is 0.123. The summed E-state index contributed by atoms with van der Waals surface area (Å²) in [6.45, 7) is 0.355. The van der Waals surface area contributed by atoms with Crippen LogP contribution < -0.4 is 14.8 Å². The van der Waals surface area contributed by atoms with Crippen LogP contribution in [-0.4, -0.2) is 17.9 Å². The summed E-state index contributed by atoms with van der Waals surface area (Å²) in [5, 5.41) is 14.1. The first-order valence-electron chi connectivity index (χ1n) is 9.24. The minimum Gasteiger partial charge on any atom is -0.494 e. The van der Waals surface area contributed by atoms with Crippen LogP contribution in [0.25, 0.3) is 6.08 Å². The highest BCUT2D eigenvalue weighted by atomic mass is 35.5. The third kappa shape index (κ3) is 6.07. The van der Waals surface area contributed by atoms with Crippen LogP contribution in [0.15, 0.2) is 72.8 Å². The normalized spacial score (nSPS) is 10.6. The third-order valence-electron chi connectivity index (χ3n) is 4.31. The van der Waals surface area contributed by atoms with E-state index in [1.165, 1.54) is 31.4 Å². The van der Waals surface area contributed by atoms with E-state index < -0.39 is 10.8 Å². The van der Waals surface area contributed by atoms with Gasteiger partial charge in [0.2, 0.25) is 5.91 Å². The first kappa shape index (κ1) is 21.9. The molecule has 8 heteroatoms. The van der Waals surface area contributed by atoms with Crippen molar-refractivity contribution in [2.75, 3.05) is 12.4 Å². The number of carbonyl (C=O) groups excluding carboxylic acids is 1. The number of carbonyl (C=O) groups is 1. The van der Waals surface area contributed by atoms with Crippen molar-refractivity contribution in [1.82, 2.24) is 0 Å². The molecule has 31 heavy (non-hydrogen) atoms. The van der Waals surface area contributed by atoms with Crippen LogP contribution in [0.2, 0.25) is 5.02 Å². The van der Waals surface area contributed by atoms with E-state index in [1.807, 2.05) is 36.4 Å². The molecule has 0 radical (unpaired) electrons. The number of halogens is 1. The smallest absolute Gasteiger partial charge is 0.273 e. The first-order valence-corrected chi connectivity index (χ1v) is 9.62. The van der Waals surface area contributed by atoms with E-state index in [0.717, 1.165) is 11.1 Å². The topological polar surface area (TPSA) is 90.7 Å². The molecule has 0 aliphatic rings. The maximum absolute atomic E-state index is 12.2. The monoisotopic (exact) mass is 438 g/mol. The van der Waals surface area contributed by atoms with Gasteiger partial charge in [-0.2, -0.15) is 0 Å². The van der Waals surface area contributed by atoms with Crippen molar-refractivity contribution in [2.45, 2.75) is 6.61 Å². The van der Waals surface area contributed by atoms with Crippen molar-refractivity contribution in [3.63, 3.8) is 0 Å². The van der Waals surface area contributed by atoms with Gasteiger partial charge in [-0.25, -0.2) is 0 Å². The predicted octanol–water partition coefficient (Wildman–Crippen LogP) is 5.49. The predicted molar refractivity (Wildman–Crippen MR) is 120 cm³/mol. The Labute approximate surface area is 184 Å². The zero-order chi connectivity index (χ0) is 22.2. The first-order chi connectivity index (χ1) is 15.0. The number of amides is 1. The van der Waals surface area contributed by atoms with Crippen LogP contribution in [0, 0.1) is 10.1 Å². The molecule has 0 atom stereocenters. The highest BCUT2D eigenvalue weighted by Gasteiger charge is 2.12. The van der Waals surface area contributed by atoms with E-state index in [4.69, 9.17) is 21.1 Å². The Hall–Kier alpha value is -3.84. The van der Waals surface area contributed by atoms with Crippen molar-refractivity contribution < 1.29 is 19.2 Å². The lowest BCUT2D eigenvalue weighted by atomic mass is 10.2. The van der Waals surface area contributed by atoms with Crippen LogP contribution in [0.4, 0.5) is 11.4 Å². The summed E-state index contributed by atoms with van der Waals surface area (Å²) < 4.78 is 10.8. The Morgan fingerprint density at radius 2 is 1.87 bits per heavy atom. The van der Waals surface area contributed by atoms with Gasteiger partial charge in [0.1, 0.15) is 18.1 Å². The van der Waals surface area contributed by atoms with E-state index >= 15 is 0 Å². The minimum atomic E-state index is -0.532. The van der Waals surface area contributed by atoms with E-state index in [1.54, 1.807) is 18.2 Å². The number of nitro benzene ring substituents is 1. The number of nitrogens with zero attached hydrogens (tertiary/aromatic N) is 1. The zero-order valence-electron chi connectivity index (χ0n) is 16.6.